The first-order valence-electron chi connectivity index (χ1n) is 11.5. The Morgan fingerprint density at radius 2 is 1.00 bits per heavy atom. The van der Waals surface area contributed by atoms with E-state index in [2.05, 4.69) is 21.5 Å². The van der Waals surface area contributed by atoms with E-state index in [4.69, 9.17) is 30.2 Å². The molecule has 6 N–H and O–H groups in total. The first kappa shape index (κ1) is 25.0. The topological polar surface area (TPSA) is 77.4 Å². The summed E-state index contributed by atoms with van der Waals surface area (Å²) >= 11 is 11.1. The van der Waals surface area contributed by atoms with Crippen LogP contribution in [-0.2, 0) is 13.1 Å². The molecular weight excluding hydrogens is 484 g/mol. The monoisotopic (exact) mass is 512 g/mol. The number of nitrogens with one attached hydrogen (secondary N) is 4. The summed E-state index contributed by atoms with van der Waals surface area (Å²) in [5, 5.41) is 9.09. The zero-order chi connectivity index (χ0) is 25.2. The summed E-state index contributed by atoms with van der Waals surface area (Å²) < 4.78 is 0. The van der Waals surface area contributed by atoms with Gasteiger partial charge in [0, 0.05) is 18.8 Å². The van der Waals surface area contributed by atoms with Crippen molar-refractivity contribution < 1.29 is 0 Å². The van der Waals surface area contributed by atoms with Gasteiger partial charge in [-0.15, -0.1) is 0 Å². The molecular formula is C28H28N6S2. The number of nitrogens with zero attached hydrogens (tertiary/aromatic N) is 1. The van der Waals surface area contributed by atoms with Crippen LogP contribution >= 0.6 is 24.4 Å². The van der Waals surface area contributed by atoms with E-state index in [-0.39, 0.29) is 0 Å². The molecule has 0 saturated heterocycles. The quantitative estimate of drug-likeness (QED) is 0.130. The minimum absolute atomic E-state index is 0.458. The summed E-state index contributed by atoms with van der Waals surface area (Å²) in [7, 11) is 0. The fraction of sp³-hybridized carbons (Fsp3) is 0.0714. The SMILES string of the molecule is Nc1ccc(-c2ccc(N(NC(=S)NCc3ccccc3)NC(=S)NCc3ccccc3)cc2)cc1. The van der Waals surface area contributed by atoms with Crippen molar-refractivity contribution in [1.29, 1.82) is 0 Å². The maximum absolute atomic E-state index is 5.83. The molecule has 4 rings (SSSR count). The van der Waals surface area contributed by atoms with Crippen molar-refractivity contribution in [2.24, 2.45) is 0 Å². The molecule has 0 aromatic heterocycles. The van der Waals surface area contributed by atoms with Gasteiger partial charge in [0.05, 0.1) is 5.69 Å². The first-order chi connectivity index (χ1) is 17.6. The fourth-order valence-corrected chi connectivity index (χ4v) is 3.80. The standard InChI is InChI=1S/C28H28N6S2/c29-25-15-11-23(12-16-25)24-13-17-26(18-14-24)34(32-27(35)30-19-21-7-3-1-4-8-21)33-28(36)31-20-22-9-5-2-6-10-22/h1-18H,19-20,29H2,(H2,30,32,35)(H2,31,33,36). The Balaban J connectivity index is 1.44. The average Bonchev–Trinajstić information content (AvgIpc) is 2.92. The van der Waals surface area contributed by atoms with E-state index in [1.165, 1.54) is 0 Å². The Bertz CT molecular complexity index is 1210. The van der Waals surface area contributed by atoms with Gasteiger partial charge in [-0.25, -0.2) is 0 Å². The number of hydrogen-bond acceptors (Lipinski definition) is 4. The van der Waals surface area contributed by atoms with Gasteiger partial charge in [-0.2, -0.15) is 5.12 Å². The number of rotatable bonds is 8. The van der Waals surface area contributed by atoms with Crippen molar-refractivity contribution in [2.45, 2.75) is 13.1 Å². The molecule has 0 spiro atoms. The van der Waals surface area contributed by atoms with Crippen molar-refractivity contribution in [2.75, 3.05) is 10.9 Å². The first-order valence-corrected chi connectivity index (χ1v) is 12.3. The Morgan fingerprint density at radius 3 is 1.44 bits per heavy atom. The lowest BCUT2D eigenvalue weighted by molar-refractivity contribution is 0.696. The van der Waals surface area contributed by atoms with Gasteiger partial charge in [-0.05, 0) is 71.0 Å². The molecule has 0 amide bonds. The maximum Gasteiger partial charge on any atom is 0.187 e. The number of anilines is 2. The highest BCUT2D eigenvalue weighted by Crippen LogP contribution is 2.23. The summed E-state index contributed by atoms with van der Waals surface area (Å²) in [4.78, 5) is 0. The van der Waals surface area contributed by atoms with Gasteiger partial charge in [0.2, 0.25) is 0 Å². The van der Waals surface area contributed by atoms with Gasteiger partial charge >= 0.3 is 0 Å². The van der Waals surface area contributed by atoms with E-state index in [0.29, 0.717) is 23.3 Å². The van der Waals surface area contributed by atoms with Crippen LogP contribution in [0.1, 0.15) is 11.1 Å². The third-order valence-electron chi connectivity index (χ3n) is 5.39. The Hall–Kier alpha value is -4.14. The van der Waals surface area contributed by atoms with E-state index >= 15 is 0 Å². The van der Waals surface area contributed by atoms with Crippen LogP contribution in [0.2, 0.25) is 0 Å². The number of nitrogens with two attached hydrogens (primary N) is 1. The van der Waals surface area contributed by atoms with Crippen LogP contribution in [0.5, 0.6) is 0 Å². The van der Waals surface area contributed by atoms with E-state index in [1.807, 2.05) is 109 Å². The van der Waals surface area contributed by atoms with E-state index in [9.17, 15) is 0 Å². The molecule has 8 heteroatoms. The second-order valence-electron chi connectivity index (χ2n) is 8.06. The summed E-state index contributed by atoms with van der Waals surface area (Å²) in [5.41, 5.74) is 18.2. The molecule has 0 bridgehead atoms. The molecule has 0 aliphatic heterocycles. The van der Waals surface area contributed by atoms with Crippen LogP contribution in [-0.4, -0.2) is 10.2 Å². The van der Waals surface area contributed by atoms with Crippen LogP contribution in [0.15, 0.2) is 109 Å². The molecule has 0 fully saturated rings. The van der Waals surface area contributed by atoms with Gasteiger partial charge < -0.3 is 16.4 Å². The lowest BCUT2D eigenvalue weighted by atomic mass is 10.1. The van der Waals surface area contributed by atoms with E-state index in [1.54, 1.807) is 5.12 Å². The van der Waals surface area contributed by atoms with Gasteiger partial charge in [0.15, 0.2) is 10.2 Å². The molecule has 4 aromatic rings. The normalized spacial score (nSPS) is 10.2. The van der Waals surface area contributed by atoms with Crippen molar-refractivity contribution in [3.8, 4) is 11.1 Å². The Morgan fingerprint density at radius 1 is 0.583 bits per heavy atom. The van der Waals surface area contributed by atoms with Crippen molar-refractivity contribution in [3.63, 3.8) is 0 Å². The van der Waals surface area contributed by atoms with Crippen LogP contribution in [0.3, 0.4) is 0 Å². The molecule has 0 saturated carbocycles. The highest BCUT2D eigenvalue weighted by atomic mass is 32.1. The second-order valence-corrected chi connectivity index (χ2v) is 8.88. The Labute approximate surface area is 222 Å². The second kappa shape index (κ2) is 12.5. The van der Waals surface area contributed by atoms with Crippen molar-refractivity contribution >= 4 is 46.0 Å². The third-order valence-corrected chi connectivity index (χ3v) is 5.86. The minimum atomic E-state index is 0.458. The van der Waals surface area contributed by atoms with Crippen molar-refractivity contribution in [1.82, 2.24) is 21.5 Å². The molecule has 6 nitrogen and oxygen atoms in total. The molecule has 182 valence electrons. The van der Waals surface area contributed by atoms with Crippen LogP contribution in [0, 0.1) is 0 Å². The molecule has 0 atom stereocenters. The number of hydrazine groups is 2. The van der Waals surface area contributed by atoms with Gasteiger partial charge in [0.1, 0.15) is 0 Å². The lowest BCUT2D eigenvalue weighted by Gasteiger charge is -2.28. The average molecular weight is 513 g/mol. The number of hydrogen-bond donors (Lipinski definition) is 5. The zero-order valence-electron chi connectivity index (χ0n) is 19.6. The molecule has 0 unspecified atom stereocenters. The number of benzene rings is 4. The van der Waals surface area contributed by atoms with Crippen LogP contribution < -0.4 is 32.3 Å². The summed E-state index contributed by atoms with van der Waals surface area (Å²) in [5.74, 6) is 0. The highest BCUT2D eigenvalue weighted by molar-refractivity contribution is 7.80. The van der Waals surface area contributed by atoms with Gasteiger partial charge in [-0.1, -0.05) is 84.9 Å². The predicted molar refractivity (Wildman–Crippen MR) is 157 cm³/mol. The van der Waals surface area contributed by atoms with Crippen LogP contribution in [0.4, 0.5) is 11.4 Å². The Kier molecular flexibility index (Phi) is 8.69. The molecule has 4 aromatic carbocycles. The molecule has 0 aliphatic rings. The van der Waals surface area contributed by atoms with E-state index < -0.39 is 0 Å². The summed E-state index contributed by atoms with van der Waals surface area (Å²) in [6, 6.07) is 36.0. The summed E-state index contributed by atoms with van der Waals surface area (Å²) in [6.07, 6.45) is 0. The highest BCUT2D eigenvalue weighted by Gasteiger charge is 2.11. The molecule has 0 aliphatic carbocycles. The van der Waals surface area contributed by atoms with Gasteiger partial charge in [-0.3, -0.25) is 10.9 Å². The van der Waals surface area contributed by atoms with Crippen molar-refractivity contribution in [3.05, 3.63) is 120 Å². The van der Waals surface area contributed by atoms with E-state index in [0.717, 1.165) is 33.6 Å². The molecule has 0 radical (unpaired) electrons. The number of nitrogen functional groups attached to an aromatic ring is 1. The molecule has 36 heavy (non-hydrogen) atoms. The van der Waals surface area contributed by atoms with Crippen LogP contribution in [0.25, 0.3) is 11.1 Å². The predicted octanol–water partition coefficient (Wildman–Crippen LogP) is 4.90. The largest absolute Gasteiger partial charge is 0.399 e. The lowest BCUT2D eigenvalue weighted by Crippen LogP contribution is -2.57. The van der Waals surface area contributed by atoms with Gasteiger partial charge in [0.25, 0.3) is 0 Å². The zero-order valence-corrected chi connectivity index (χ0v) is 21.3. The summed E-state index contributed by atoms with van der Waals surface area (Å²) in [6.45, 7) is 1.21. The minimum Gasteiger partial charge on any atom is -0.399 e. The number of thiocarbonyl (C=S) groups is 2. The molecule has 0 heterocycles. The third kappa shape index (κ3) is 7.43. The smallest absolute Gasteiger partial charge is 0.187 e. The fourth-order valence-electron chi connectivity index (χ4n) is 3.47. The maximum atomic E-state index is 5.83.